The van der Waals surface area contributed by atoms with Gasteiger partial charge in [-0.1, -0.05) is 0 Å². The molecule has 1 fully saturated rings. The fourth-order valence-corrected chi connectivity index (χ4v) is 1.60. The maximum Gasteiger partial charge on any atom is 0.268 e. The first-order valence-corrected chi connectivity index (χ1v) is 5.36. The van der Waals surface area contributed by atoms with E-state index in [2.05, 4.69) is 5.32 Å². The number of aromatic nitrogens is 1. The maximum atomic E-state index is 11.8. The lowest BCUT2D eigenvalue weighted by Gasteiger charge is -2.12. The zero-order valence-corrected chi connectivity index (χ0v) is 9.16. The molecule has 0 bridgehead atoms. The standard InChI is InChI=1S/C11H17N3O/c1-7(2)14-6-8(12)5-10(14)11(15)13-9-3-4-9/h5-7,9H,3-4,12H2,1-2H3,(H,13,15). The number of carbonyl (C=O) groups excluding carboxylic acids is 1. The van der Waals surface area contributed by atoms with Crippen molar-refractivity contribution in [1.29, 1.82) is 0 Å². The van der Waals surface area contributed by atoms with Gasteiger partial charge in [0.2, 0.25) is 0 Å². The Labute approximate surface area is 89.5 Å². The van der Waals surface area contributed by atoms with Crippen LogP contribution >= 0.6 is 0 Å². The molecule has 4 heteroatoms. The van der Waals surface area contributed by atoms with Crippen molar-refractivity contribution in [3.05, 3.63) is 18.0 Å². The molecule has 1 aromatic heterocycles. The van der Waals surface area contributed by atoms with E-state index in [1.165, 1.54) is 0 Å². The van der Waals surface area contributed by atoms with E-state index in [9.17, 15) is 4.79 Å². The van der Waals surface area contributed by atoms with Gasteiger partial charge >= 0.3 is 0 Å². The summed E-state index contributed by atoms with van der Waals surface area (Å²) in [4.78, 5) is 11.8. The number of nitrogens with zero attached hydrogens (tertiary/aromatic N) is 1. The van der Waals surface area contributed by atoms with Crippen LogP contribution in [0.15, 0.2) is 12.3 Å². The van der Waals surface area contributed by atoms with Gasteiger partial charge in [0.05, 0.1) is 5.69 Å². The summed E-state index contributed by atoms with van der Waals surface area (Å²) in [7, 11) is 0. The number of nitrogen functional groups attached to an aromatic ring is 1. The van der Waals surface area contributed by atoms with Crippen LogP contribution in [0.3, 0.4) is 0 Å². The second kappa shape index (κ2) is 3.61. The van der Waals surface area contributed by atoms with Gasteiger partial charge in [0.15, 0.2) is 0 Å². The van der Waals surface area contributed by atoms with Gasteiger partial charge in [-0.3, -0.25) is 4.79 Å². The maximum absolute atomic E-state index is 11.8. The first kappa shape index (κ1) is 10.1. The third-order valence-electron chi connectivity index (χ3n) is 2.57. The van der Waals surface area contributed by atoms with Gasteiger partial charge < -0.3 is 15.6 Å². The van der Waals surface area contributed by atoms with Crippen LogP contribution in [0.4, 0.5) is 5.69 Å². The zero-order valence-electron chi connectivity index (χ0n) is 9.16. The molecule has 0 aromatic carbocycles. The number of carbonyl (C=O) groups is 1. The molecule has 1 aromatic rings. The van der Waals surface area contributed by atoms with Gasteiger partial charge in [-0.15, -0.1) is 0 Å². The molecule has 4 nitrogen and oxygen atoms in total. The lowest BCUT2D eigenvalue weighted by atomic mass is 10.3. The number of rotatable bonds is 3. The van der Waals surface area contributed by atoms with Crippen molar-refractivity contribution >= 4 is 11.6 Å². The Morgan fingerprint density at radius 1 is 1.60 bits per heavy atom. The molecule has 1 aliphatic rings. The molecule has 82 valence electrons. The predicted molar refractivity (Wildman–Crippen MR) is 59.7 cm³/mol. The molecule has 15 heavy (non-hydrogen) atoms. The third-order valence-corrected chi connectivity index (χ3v) is 2.57. The lowest BCUT2D eigenvalue weighted by Crippen LogP contribution is -2.27. The Kier molecular flexibility index (Phi) is 2.42. The fraction of sp³-hybridized carbons (Fsp3) is 0.545. The predicted octanol–water partition coefficient (Wildman–Crippen LogP) is 1.54. The summed E-state index contributed by atoms with van der Waals surface area (Å²) in [5.41, 5.74) is 7.01. The summed E-state index contributed by atoms with van der Waals surface area (Å²) >= 11 is 0. The van der Waals surface area contributed by atoms with Crippen molar-refractivity contribution in [2.75, 3.05) is 5.73 Å². The van der Waals surface area contributed by atoms with E-state index in [1.54, 1.807) is 6.07 Å². The van der Waals surface area contributed by atoms with Crippen molar-refractivity contribution in [2.24, 2.45) is 0 Å². The molecule has 2 rings (SSSR count). The normalized spacial score (nSPS) is 15.7. The van der Waals surface area contributed by atoms with Crippen molar-refractivity contribution in [1.82, 2.24) is 9.88 Å². The summed E-state index contributed by atoms with van der Waals surface area (Å²) in [6, 6.07) is 2.37. The van der Waals surface area contributed by atoms with Gasteiger partial charge in [0.1, 0.15) is 5.69 Å². The molecule has 3 N–H and O–H groups in total. The topological polar surface area (TPSA) is 60.0 Å². The average molecular weight is 207 g/mol. The minimum Gasteiger partial charge on any atom is -0.397 e. The van der Waals surface area contributed by atoms with E-state index in [-0.39, 0.29) is 11.9 Å². The highest BCUT2D eigenvalue weighted by Gasteiger charge is 2.25. The SMILES string of the molecule is CC(C)n1cc(N)cc1C(=O)NC1CC1. The number of amides is 1. The molecule has 0 radical (unpaired) electrons. The van der Waals surface area contributed by atoms with Crippen molar-refractivity contribution < 1.29 is 4.79 Å². The molecule has 1 saturated carbocycles. The molecule has 0 atom stereocenters. The number of hydrogen-bond acceptors (Lipinski definition) is 2. The highest BCUT2D eigenvalue weighted by Crippen LogP contribution is 2.21. The quantitative estimate of drug-likeness (QED) is 0.789. The third kappa shape index (κ3) is 2.14. The molecule has 1 amide bonds. The second-order valence-corrected chi connectivity index (χ2v) is 4.41. The monoisotopic (exact) mass is 207 g/mol. The Balaban J connectivity index is 2.20. The van der Waals surface area contributed by atoms with Crippen LogP contribution < -0.4 is 11.1 Å². The van der Waals surface area contributed by atoms with E-state index in [4.69, 9.17) is 5.73 Å². The van der Waals surface area contributed by atoms with Gasteiger partial charge in [-0.05, 0) is 32.8 Å². The first-order valence-electron chi connectivity index (χ1n) is 5.36. The Bertz CT molecular complexity index is 377. The number of nitrogens with two attached hydrogens (primary N) is 1. The number of anilines is 1. The van der Waals surface area contributed by atoms with Gasteiger partial charge in [0, 0.05) is 18.3 Å². The van der Waals surface area contributed by atoms with Crippen molar-refractivity contribution in [2.45, 2.75) is 38.8 Å². The number of nitrogens with one attached hydrogen (secondary N) is 1. The molecular weight excluding hydrogens is 190 g/mol. The second-order valence-electron chi connectivity index (χ2n) is 4.41. The minimum absolute atomic E-state index is 0.0112. The minimum atomic E-state index is -0.0112. The summed E-state index contributed by atoms with van der Waals surface area (Å²) in [5.74, 6) is -0.0112. The Morgan fingerprint density at radius 3 is 2.80 bits per heavy atom. The summed E-state index contributed by atoms with van der Waals surface area (Å²) in [6.07, 6.45) is 4.01. The van der Waals surface area contributed by atoms with E-state index in [1.807, 2.05) is 24.6 Å². The van der Waals surface area contributed by atoms with Crippen LogP contribution in [0.25, 0.3) is 0 Å². The molecule has 0 saturated heterocycles. The molecule has 0 spiro atoms. The summed E-state index contributed by atoms with van der Waals surface area (Å²) < 4.78 is 1.91. The molecule has 1 heterocycles. The van der Waals surface area contributed by atoms with Crippen molar-refractivity contribution in [3.63, 3.8) is 0 Å². The van der Waals surface area contributed by atoms with Gasteiger partial charge in [-0.25, -0.2) is 0 Å². The zero-order chi connectivity index (χ0) is 11.0. The van der Waals surface area contributed by atoms with Crippen LogP contribution in [0.5, 0.6) is 0 Å². The highest BCUT2D eigenvalue weighted by atomic mass is 16.2. The first-order chi connectivity index (χ1) is 7.08. The van der Waals surface area contributed by atoms with Crippen LogP contribution in [0.1, 0.15) is 43.2 Å². The van der Waals surface area contributed by atoms with Crippen LogP contribution in [0, 0.1) is 0 Å². The van der Waals surface area contributed by atoms with E-state index >= 15 is 0 Å². The van der Waals surface area contributed by atoms with E-state index < -0.39 is 0 Å². The van der Waals surface area contributed by atoms with E-state index in [0.717, 1.165) is 12.8 Å². The van der Waals surface area contributed by atoms with Gasteiger partial charge in [0.25, 0.3) is 5.91 Å². The highest BCUT2D eigenvalue weighted by molar-refractivity contribution is 5.94. The van der Waals surface area contributed by atoms with E-state index in [0.29, 0.717) is 17.4 Å². The fourth-order valence-electron chi connectivity index (χ4n) is 1.60. The van der Waals surface area contributed by atoms with Crippen LogP contribution in [-0.4, -0.2) is 16.5 Å². The summed E-state index contributed by atoms with van der Waals surface area (Å²) in [6.45, 7) is 4.07. The molecule has 1 aliphatic carbocycles. The van der Waals surface area contributed by atoms with Crippen LogP contribution in [-0.2, 0) is 0 Å². The lowest BCUT2D eigenvalue weighted by molar-refractivity contribution is 0.0940. The smallest absolute Gasteiger partial charge is 0.268 e. The largest absolute Gasteiger partial charge is 0.397 e. The Hall–Kier alpha value is -1.45. The van der Waals surface area contributed by atoms with Crippen LogP contribution in [0.2, 0.25) is 0 Å². The Morgan fingerprint density at radius 2 is 2.27 bits per heavy atom. The summed E-state index contributed by atoms with van der Waals surface area (Å²) in [5, 5.41) is 2.96. The average Bonchev–Trinajstić information content (AvgIpc) is 2.86. The molecular formula is C11H17N3O. The molecule has 0 unspecified atom stereocenters. The number of hydrogen-bond donors (Lipinski definition) is 2. The van der Waals surface area contributed by atoms with Crippen molar-refractivity contribution in [3.8, 4) is 0 Å². The van der Waals surface area contributed by atoms with Gasteiger partial charge in [-0.2, -0.15) is 0 Å². The molecule has 0 aliphatic heterocycles.